The van der Waals surface area contributed by atoms with Crippen LogP contribution in [0.5, 0.6) is 0 Å². The lowest BCUT2D eigenvalue weighted by molar-refractivity contribution is 0.555. The third-order valence-electron chi connectivity index (χ3n) is 9.88. The van der Waals surface area contributed by atoms with Crippen LogP contribution in [0.2, 0.25) is 0 Å². The van der Waals surface area contributed by atoms with Gasteiger partial charge in [0.05, 0.1) is 0 Å². The molecule has 0 fully saturated rings. The first-order chi connectivity index (χ1) is 23.8. The van der Waals surface area contributed by atoms with E-state index in [1.165, 1.54) is 239 Å². The van der Waals surface area contributed by atoms with Gasteiger partial charge in [-0.1, -0.05) is 213 Å². The Kier molecular flexibility index (Phi) is 37.1. The second kappa shape index (κ2) is 38.5. The van der Waals surface area contributed by atoms with E-state index in [-0.39, 0.29) is 0 Å². The summed E-state index contributed by atoms with van der Waals surface area (Å²) in [7, 11) is 0. The SMILES string of the molecule is CCCCCCCCCCCCCSc1c[c]cc(SCCCCCCCCCCCCC)c1SCCCCCCCCCCCCC. The summed E-state index contributed by atoms with van der Waals surface area (Å²) < 4.78 is 0. The maximum Gasteiger partial charge on any atom is 0.0345 e. The standard InChI is InChI=1S/C45H83S3/c1-4-7-10-13-16-19-22-25-28-31-34-40-46-43-38-37-39-44(47-41-35-32-29-26-23-20-17-14-11-8-5-2)45(43)48-42-36-33-30-27-24-21-18-15-12-9-6-3/h38-39H,4-36,40-42H2,1-3H3. The summed E-state index contributed by atoms with van der Waals surface area (Å²) in [6, 6.07) is 8.16. The molecule has 1 aromatic carbocycles. The molecule has 0 amide bonds. The molecule has 0 aliphatic heterocycles. The Labute approximate surface area is 316 Å². The van der Waals surface area contributed by atoms with Gasteiger partial charge >= 0.3 is 0 Å². The second-order valence-electron chi connectivity index (χ2n) is 14.7. The average Bonchev–Trinajstić information content (AvgIpc) is 3.10. The van der Waals surface area contributed by atoms with Gasteiger partial charge in [-0.3, -0.25) is 0 Å². The van der Waals surface area contributed by atoms with Gasteiger partial charge in [0, 0.05) is 14.7 Å². The summed E-state index contributed by atoms with van der Waals surface area (Å²) in [6.07, 6.45) is 47.1. The molecule has 1 radical (unpaired) electrons. The van der Waals surface area contributed by atoms with Gasteiger partial charge in [-0.05, 0) is 54.7 Å². The van der Waals surface area contributed by atoms with Crippen molar-refractivity contribution in [3.8, 4) is 0 Å². The van der Waals surface area contributed by atoms with E-state index < -0.39 is 0 Å². The molecule has 0 spiro atoms. The zero-order chi connectivity index (χ0) is 34.4. The summed E-state index contributed by atoms with van der Waals surface area (Å²) in [6.45, 7) is 6.94. The normalized spacial score (nSPS) is 11.6. The Bertz CT molecular complexity index is 716. The van der Waals surface area contributed by atoms with Crippen LogP contribution in [0.3, 0.4) is 0 Å². The molecule has 48 heavy (non-hydrogen) atoms. The Morgan fingerprint density at radius 2 is 0.542 bits per heavy atom. The summed E-state index contributed by atoms with van der Waals surface area (Å²) in [5.41, 5.74) is 0. The molecule has 1 aromatic rings. The summed E-state index contributed by atoms with van der Waals surface area (Å²) in [5.74, 6) is 3.81. The van der Waals surface area contributed by atoms with Crippen molar-refractivity contribution in [1.82, 2.24) is 0 Å². The first-order valence-corrected chi connectivity index (χ1v) is 24.7. The Morgan fingerprint density at radius 3 is 0.812 bits per heavy atom. The van der Waals surface area contributed by atoms with Crippen LogP contribution in [0.25, 0.3) is 0 Å². The summed E-state index contributed by atoms with van der Waals surface area (Å²) in [5, 5.41) is 0. The third-order valence-corrected chi connectivity index (χ3v) is 13.6. The highest BCUT2D eigenvalue weighted by Crippen LogP contribution is 2.39. The Balaban J connectivity index is 2.37. The van der Waals surface area contributed by atoms with Crippen LogP contribution in [0.15, 0.2) is 26.8 Å². The minimum Gasteiger partial charge on any atom is -0.125 e. The van der Waals surface area contributed by atoms with Crippen molar-refractivity contribution >= 4 is 35.3 Å². The molecule has 0 aromatic heterocycles. The van der Waals surface area contributed by atoms with Gasteiger partial charge in [0.2, 0.25) is 0 Å². The van der Waals surface area contributed by atoms with Gasteiger partial charge < -0.3 is 0 Å². The van der Waals surface area contributed by atoms with E-state index in [0.29, 0.717) is 0 Å². The first-order valence-electron chi connectivity index (χ1n) is 21.8. The molecule has 3 heteroatoms. The molecule has 0 atom stereocenters. The minimum atomic E-state index is 1.27. The topological polar surface area (TPSA) is 0 Å². The largest absolute Gasteiger partial charge is 0.125 e. The molecule has 0 saturated carbocycles. The van der Waals surface area contributed by atoms with Gasteiger partial charge in [-0.15, -0.1) is 35.3 Å². The molecule has 1 rings (SSSR count). The highest BCUT2D eigenvalue weighted by atomic mass is 32.2. The van der Waals surface area contributed by atoms with Gasteiger partial charge in [0.1, 0.15) is 0 Å². The number of rotatable bonds is 39. The lowest BCUT2D eigenvalue weighted by Gasteiger charge is -2.14. The minimum absolute atomic E-state index is 1.27. The molecule has 0 saturated heterocycles. The van der Waals surface area contributed by atoms with Crippen LogP contribution in [0.1, 0.15) is 233 Å². The van der Waals surface area contributed by atoms with Crippen molar-refractivity contribution in [1.29, 1.82) is 0 Å². The fourth-order valence-corrected chi connectivity index (χ4v) is 10.3. The Hall–Kier alpha value is 0.270. The number of benzene rings is 1. The number of hydrogen-bond donors (Lipinski definition) is 0. The lowest BCUT2D eigenvalue weighted by Crippen LogP contribution is -1.91. The molecule has 0 unspecified atom stereocenters. The van der Waals surface area contributed by atoms with Crippen LogP contribution in [0, 0.1) is 6.07 Å². The zero-order valence-electron chi connectivity index (χ0n) is 32.8. The first kappa shape index (κ1) is 46.3. The molecule has 281 valence electrons. The van der Waals surface area contributed by atoms with Crippen LogP contribution in [-0.4, -0.2) is 17.3 Å². The van der Waals surface area contributed by atoms with Crippen molar-refractivity contribution in [3.05, 3.63) is 18.2 Å². The molecule has 0 aliphatic carbocycles. The third kappa shape index (κ3) is 29.9. The van der Waals surface area contributed by atoms with E-state index in [1.807, 2.05) is 0 Å². The van der Waals surface area contributed by atoms with Crippen molar-refractivity contribution < 1.29 is 0 Å². The van der Waals surface area contributed by atoms with Crippen LogP contribution >= 0.6 is 35.3 Å². The monoisotopic (exact) mass is 720 g/mol. The van der Waals surface area contributed by atoms with E-state index in [1.54, 1.807) is 4.90 Å². The summed E-state index contributed by atoms with van der Waals surface area (Å²) >= 11 is 6.40. The molecule has 0 bridgehead atoms. The highest BCUT2D eigenvalue weighted by molar-refractivity contribution is 8.03. The molecule has 0 aliphatic rings. The van der Waals surface area contributed by atoms with Gasteiger partial charge in [-0.25, -0.2) is 0 Å². The van der Waals surface area contributed by atoms with Crippen LogP contribution in [-0.2, 0) is 0 Å². The quantitative estimate of drug-likeness (QED) is 0.0491. The molecule has 0 heterocycles. The number of hydrogen-bond acceptors (Lipinski definition) is 3. The maximum atomic E-state index is 3.55. The molecular formula is C45H83S3. The predicted molar refractivity (Wildman–Crippen MR) is 227 cm³/mol. The van der Waals surface area contributed by atoms with Crippen molar-refractivity contribution in [3.63, 3.8) is 0 Å². The molecule has 0 N–H and O–H groups in total. The highest BCUT2D eigenvalue weighted by Gasteiger charge is 2.11. The van der Waals surface area contributed by atoms with Gasteiger partial charge in [0.25, 0.3) is 0 Å². The zero-order valence-corrected chi connectivity index (χ0v) is 35.3. The predicted octanol–water partition coefficient (Wildman–Crippen LogP) is 17.7. The fraction of sp³-hybridized carbons (Fsp3) is 0.867. The molecule has 0 nitrogen and oxygen atoms in total. The van der Waals surface area contributed by atoms with Crippen molar-refractivity contribution in [2.45, 2.75) is 247 Å². The second-order valence-corrected chi connectivity index (χ2v) is 18.0. The number of thioether (sulfide) groups is 3. The van der Waals surface area contributed by atoms with Crippen LogP contribution in [0.4, 0.5) is 0 Å². The van der Waals surface area contributed by atoms with E-state index in [9.17, 15) is 0 Å². The van der Waals surface area contributed by atoms with Gasteiger partial charge in [-0.2, -0.15) is 0 Å². The van der Waals surface area contributed by atoms with Crippen LogP contribution < -0.4 is 0 Å². The average molecular weight is 720 g/mol. The van der Waals surface area contributed by atoms with E-state index in [4.69, 9.17) is 0 Å². The smallest absolute Gasteiger partial charge is 0.0345 e. The van der Waals surface area contributed by atoms with Gasteiger partial charge in [0.15, 0.2) is 0 Å². The molecular weight excluding hydrogens is 637 g/mol. The summed E-state index contributed by atoms with van der Waals surface area (Å²) in [4.78, 5) is 4.61. The van der Waals surface area contributed by atoms with E-state index in [0.717, 1.165) is 0 Å². The fourth-order valence-electron chi connectivity index (χ4n) is 6.64. The maximum absolute atomic E-state index is 3.55. The lowest BCUT2D eigenvalue weighted by atomic mass is 10.1. The number of unbranched alkanes of at least 4 members (excludes halogenated alkanes) is 30. The van der Waals surface area contributed by atoms with Crippen molar-refractivity contribution in [2.75, 3.05) is 17.3 Å². The van der Waals surface area contributed by atoms with Crippen molar-refractivity contribution in [2.24, 2.45) is 0 Å². The Morgan fingerprint density at radius 1 is 0.312 bits per heavy atom. The van der Waals surface area contributed by atoms with E-state index in [2.05, 4.69) is 74.3 Å². The van der Waals surface area contributed by atoms with E-state index >= 15 is 0 Å².